The van der Waals surface area contributed by atoms with Crippen LogP contribution >= 0.6 is 27.7 Å². The standard InChI is InChI=1S/C16H13BrN2OS/c1-10(20)11-6-7-15(13(17)8-11)21-16-12-4-2-3-5-14(12)18-9-19-16/h2-10,20H,1H3/t10-/m0/s1. The number of fused-ring (bicyclic) bond motifs is 1. The van der Waals surface area contributed by atoms with Crippen molar-refractivity contribution in [2.45, 2.75) is 22.9 Å². The van der Waals surface area contributed by atoms with Gasteiger partial charge in [0.05, 0.1) is 11.6 Å². The van der Waals surface area contributed by atoms with Gasteiger partial charge in [-0.2, -0.15) is 0 Å². The molecule has 0 saturated heterocycles. The van der Waals surface area contributed by atoms with Crippen molar-refractivity contribution in [2.24, 2.45) is 0 Å². The Labute approximate surface area is 135 Å². The summed E-state index contributed by atoms with van der Waals surface area (Å²) in [4.78, 5) is 9.72. The predicted molar refractivity (Wildman–Crippen MR) is 88.4 cm³/mol. The molecule has 0 unspecified atom stereocenters. The van der Waals surface area contributed by atoms with Crippen LogP contribution in [0.1, 0.15) is 18.6 Å². The van der Waals surface area contributed by atoms with Crippen LogP contribution in [-0.4, -0.2) is 15.1 Å². The second-order valence-corrected chi connectivity index (χ2v) is 6.55. The number of para-hydroxylation sites is 1. The second kappa shape index (κ2) is 6.13. The van der Waals surface area contributed by atoms with Crippen molar-refractivity contribution in [3.05, 3.63) is 58.8 Å². The lowest BCUT2D eigenvalue weighted by atomic mass is 10.1. The molecule has 1 atom stereocenters. The van der Waals surface area contributed by atoms with Crippen LogP contribution in [0.5, 0.6) is 0 Å². The van der Waals surface area contributed by atoms with Crippen molar-refractivity contribution in [3.63, 3.8) is 0 Å². The van der Waals surface area contributed by atoms with E-state index in [0.29, 0.717) is 0 Å². The molecule has 0 aliphatic carbocycles. The van der Waals surface area contributed by atoms with E-state index in [1.54, 1.807) is 25.0 Å². The molecule has 1 N–H and O–H groups in total. The lowest BCUT2D eigenvalue weighted by Gasteiger charge is -2.09. The summed E-state index contributed by atoms with van der Waals surface area (Å²) >= 11 is 5.15. The maximum Gasteiger partial charge on any atom is 0.117 e. The smallest absolute Gasteiger partial charge is 0.117 e. The highest BCUT2D eigenvalue weighted by atomic mass is 79.9. The Morgan fingerprint density at radius 1 is 1.14 bits per heavy atom. The Hall–Kier alpha value is -1.43. The van der Waals surface area contributed by atoms with Crippen molar-refractivity contribution >= 4 is 38.6 Å². The SMILES string of the molecule is C[C@H](O)c1ccc(Sc2ncnc3ccccc23)c(Br)c1. The summed E-state index contributed by atoms with van der Waals surface area (Å²) in [5.74, 6) is 0. The van der Waals surface area contributed by atoms with Crippen LogP contribution in [0.4, 0.5) is 0 Å². The average molecular weight is 361 g/mol. The predicted octanol–water partition coefficient (Wildman–Crippen LogP) is 4.60. The molecule has 0 bridgehead atoms. The Morgan fingerprint density at radius 3 is 2.71 bits per heavy atom. The fourth-order valence-electron chi connectivity index (χ4n) is 2.03. The molecule has 0 spiro atoms. The summed E-state index contributed by atoms with van der Waals surface area (Å²) in [6.07, 6.45) is 1.11. The Kier molecular flexibility index (Phi) is 4.24. The first kappa shape index (κ1) is 14.5. The number of aromatic nitrogens is 2. The highest BCUT2D eigenvalue weighted by Gasteiger charge is 2.10. The van der Waals surface area contributed by atoms with Gasteiger partial charge in [0.25, 0.3) is 0 Å². The fraction of sp³-hybridized carbons (Fsp3) is 0.125. The van der Waals surface area contributed by atoms with Gasteiger partial charge >= 0.3 is 0 Å². The van der Waals surface area contributed by atoms with Crippen LogP contribution in [0.25, 0.3) is 10.9 Å². The van der Waals surface area contributed by atoms with Gasteiger partial charge in [-0.1, -0.05) is 36.0 Å². The van der Waals surface area contributed by atoms with Crippen LogP contribution < -0.4 is 0 Å². The van der Waals surface area contributed by atoms with E-state index in [4.69, 9.17) is 0 Å². The lowest BCUT2D eigenvalue weighted by molar-refractivity contribution is 0.199. The van der Waals surface area contributed by atoms with E-state index in [9.17, 15) is 5.11 Å². The molecule has 3 aromatic rings. The van der Waals surface area contributed by atoms with Gasteiger partial charge in [0, 0.05) is 14.8 Å². The summed E-state index contributed by atoms with van der Waals surface area (Å²) < 4.78 is 0.952. The van der Waals surface area contributed by atoms with E-state index in [1.807, 2.05) is 42.5 Å². The van der Waals surface area contributed by atoms with Crippen LogP contribution in [-0.2, 0) is 0 Å². The molecule has 0 saturated carbocycles. The quantitative estimate of drug-likeness (QED) is 0.693. The van der Waals surface area contributed by atoms with Gasteiger partial charge in [0.2, 0.25) is 0 Å². The molecule has 3 rings (SSSR count). The van der Waals surface area contributed by atoms with Crippen LogP contribution in [0.3, 0.4) is 0 Å². The van der Waals surface area contributed by atoms with E-state index in [-0.39, 0.29) is 0 Å². The monoisotopic (exact) mass is 360 g/mol. The van der Waals surface area contributed by atoms with Crippen molar-refractivity contribution < 1.29 is 5.11 Å². The summed E-state index contributed by atoms with van der Waals surface area (Å²) in [5.41, 5.74) is 1.82. The van der Waals surface area contributed by atoms with Crippen molar-refractivity contribution in [1.29, 1.82) is 0 Å². The lowest BCUT2D eigenvalue weighted by Crippen LogP contribution is -1.91. The van der Waals surface area contributed by atoms with Crippen molar-refractivity contribution in [2.75, 3.05) is 0 Å². The summed E-state index contributed by atoms with van der Waals surface area (Å²) in [6.45, 7) is 1.76. The van der Waals surface area contributed by atoms with Crippen molar-refractivity contribution in [1.82, 2.24) is 9.97 Å². The van der Waals surface area contributed by atoms with Gasteiger partial charge in [-0.3, -0.25) is 0 Å². The Morgan fingerprint density at radius 2 is 1.95 bits per heavy atom. The molecule has 3 nitrogen and oxygen atoms in total. The van der Waals surface area contributed by atoms with Gasteiger partial charge in [0.1, 0.15) is 11.4 Å². The second-order valence-electron chi connectivity index (χ2n) is 4.66. The van der Waals surface area contributed by atoms with E-state index in [0.717, 1.165) is 30.9 Å². The molecule has 5 heteroatoms. The number of hydrogen-bond acceptors (Lipinski definition) is 4. The van der Waals surface area contributed by atoms with Gasteiger partial charge < -0.3 is 5.11 Å². The summed E-state index contributed by atoms with van der Waals surface area (Å²) in [5, 5.41) is 11.6. The molecule has 2 aromatic carbocycles. The molecule has 1 aromatic heterocycles. The van der Waals surface area contributed by atoms with Crippen molar-refractivity contribution in [3.8, 4) is 0 Å². The average Bonchev–Trinajstić information content (AvgIpc) is 2.49. The summed E-state index contributed by atoms with van der Waals surface area (Å²) in [7, 11) is 0. The molecule has 0 aliphatic rings. The van der Waals surface area contributed by atoms with Gasteiger partial charge in [-0.25, -0.2) is 9.97 Å². The fourth-order valence-corrected chi connectivity index (χ4v) is 3.55. The minimum atomic E-state index is -0.472. The van der Waals surface area contributed by atoms with E-state index in [1.165, 1.54) is 0 Å². The van der Waals surface area contributed by atoms with E-state index >= 15 is 0 Å². The zero-order valence-electron chi connectivity index (χ0n) is 11.3. The Bertz CT molecular complexity index is 787. The van der Waals surface area contributed by atoms with Crippen LogP contribution in [0.15, 0.2) is 63.2 Å². The zero-order chi connectivity index (χ0) is 14.8. The molecular weight excluding hydrogens is 348 g/mol. The number of aliphatic hydroxyl groups is 1. The molecule has 1 heterocycles. The van der Waals surface area contributed by atoms with Gasteiger partial charge in [-0.15, -0.1) is 0 Å². The Balaban J connectivity index is 1.99. The number of benzene rings is 2. The van der Waals surface area contributed by atoms with Crippen LogP contribution in [0.2, 0.25) is 0 Å². The molecule has 0 radical (unpaired) electrons. The van der Waals surface area contributed by atoms with Gasteiger partial charge in [-0.05, 0) is 46.6 Å². The van der Waals surface area contributed by atoms with E-state index in [2.05, 4.69) is 25.9 Å². The maximum atomic E-state index is 9.62. The molecule has 21 heavy (non-hydrogen) atoms. The maximum absolute atomic E-state index is 9.62. The molecule has 0 amide bonds. The number of hydrogen-bond donors (Lipinski definition) is 1. The number of rotatable bonds is 3. The minimum Gasteiger partial charge on any atom is -0.389 e. The highest BCUT2D eigenvalue weighted by Crippen LogP contribution is 2.36. The normalized spacial score (nSPS) is 12.5. The molecule has 106 valence electrons. The molecule has 0 aliphatic heterocycles. The highest BCUT2D eigenvalue weighted by molar-refractivity contribution is 9.10. The third-order valence-corrected chi connectivity index (χ3v) is 5.16. The molecular formula is C16H13BrN2OS. The number of halogens is 1. The minimum absolute atomic E-state index is 0.472. The third kappa shape index (κ3) is 3.10. The van der Waals surface area contributed by atoms with E-state index < -0.39 is 6.10 Å². The first-order valence-corrected chi connectivity index (χ1v) is 8.11. The third-order valence-electron chi connectivity index (χ3n) is 3.15. The zero-order valence-corrected chi connectivity index (χ0v) is 13.7. The first-order valence-electron chi connectivity index (χ1n) is 6.50. The van der Waals surface area contributed by atoms with Gasteiger partial charge in [0.15, 0.2) is 0 Å². The number of aliphatic hydroxyl groups excluding tert-OH is 1. The molecule has 0 fully saturated rings. The largest absolute Gasteiger partial charge is 0.389 e. The topological polar surface area (TPSA) is 46.0 Å². The first-order chi connectivity index (χ1) is 10.1. The van der Waals surface area contributed by atoms with Crippen LogP contribution in [0, 0.1) is 0 Å². The number of nitrogens with zero attached hydrogens (tertiary/aromatic N) is 2. The summed E-state index contributed by atoms with van der Waals surface area (Å²) in [6, 6.07) is 13.8.